The second-order valence-corrected chi connectivity index (χ2v) is 8.27. The monoisotopic (exact) mass is 418 g/mol. The molecule has 0 bridgehead atoms. The summed E-state index contributed by atoms with van der Waals surface area (Å²) in [5.74, 6) is -0.851. The van der Waals surface area contributed by atoms with Crippen LogP contribution in [-0.4, -0.2) is 11.9 Å². The van der Waals surface area contributed by atoms with E-state index in [0.717, 1.165) is 43.7 Å². The predicted molar refractivity (Wildman–Crippen MR) is 111 cm³/mol. The Morgan fingerprint density at radius 3 is 1.26 bits per heavy atom. The van der Waals surface area contributed by atoms with Crippen LogP contribution in [0.3, 0.4) is 0 Å². The molecular weight excluding hydrogens is 400 g/mol. The summed E-state index contributed by atoms with van der Waals surface area (Å²) in [7, 11) is 0. The average molecular weight is 419 g/mol. The van der Waals surface area contributed by atoms with Gasteiger partial charge in [0.25, 0.3) is 0 Å². The largest absolute Gasteiger partial charge is 0.383 e. The molecule has 0 heterocycles. The highest BCUT2D eigenvalue weighted by Crippen LogP contribution is 2.31. The van der Waals surface area contributed by atoms with Gasteiger partial charge in [0.2, 0.25) is 0 Å². The molecule has 0 fully saturated rings. The molecule has 2 rings (SSSR count). The van der Waals surface area contributed by atoms with Gasteiger partial charge in [0.1, 0.15) is 0 Å². The maximum Gasteiger partial charge on any atom is 0.345 e. The van der Waals surface area contributed by atoms with Gasteiger partial charge in [-0.05, 0) is 62.4 Å². The lowest BCUT2D eigenvalue weighted by molar-refractivity contribution is -0.129. The van der Waals surface area contributed by atoms with E-state index in [0.29, 0.717) is 11.1 Å². The molecule has 2 aromatic carbocycles. The number of benzene rings is 2. The van der Waals surface area contributed by atoms with Crippen molar-refractivity contribution in [2.45, 2.75) is 33.4 Å². The summed E-state index contributed by atoms with van der Waals surface area (Å²) < 4.78 is 10.1. The average Bonchev–Trinajstić information content (AvgIpc) is 2.66. The zero-order valence-electron chi connectivity index (χ0n) is 14.9. The van der Waals surface area contributed by atoms with Crippen molar-refractivity contribution in [1.29, 1.82) is 0 Å². The Kier molecular flexibility index (Phi) is 8.09. The Morgan fingerprint density at radius 2 is 0.963 bits per heavy atom. The van der Waals surface area contributed by atoms with Gasteiger partial charge in [-0.15, -0.1) is 0 Å². The summed E-state index contributed by atoms with van der Waals surface area (Å²) in [5, 5.41) is 0. The van der Waals surface area contributed by atoms with E-state index in [-0.39, 0.29) is 0 Å². The lowest BCUT2D eigenvalue weighted by Crippen LogP contribution is -1.98. The SMILES string of the molecule is C=C(C)C(=O)OSc1ccc(Sc2ccc(SOC(=O)C(=C)C)cc2)cc1. The third-order valence-electron chi connectivity index (χ3n) is 3.01. The minimum Gasteiger partial charge on any atom is -0.383 e. The second kappa shape index (κ2) is 10.3. The van der Waals surface area contributed by atoms with Gasteiger partial charge in [0.15, 0.2) is 0 Å². The molecular formula is C20H18O4S3. The quantitative estimate of drug-likeness (QED) is 0.380. The van der Waals surface area contributed by atoms with Crippen molar-refractivity contribution in [3.05, 3.63) is 72.8 Å². The minimum atomic E-state index is -0.426. The van der Waals surface area contributed by atoms with E-state index >= 15 is 0 Å². The third kappa shape index (κ3) is 7.21. The Labute approximate surface area is 171 Å². The first kappa shape index (κ1) is 21.2. The van der Waals surface area contributed by atoms with Crippen LogP contribution in [0.15, 0.2) is 92.4 Å². The molecule has 0 aliphatic rings. The van der Waals surface area contributed by atoms with Gasteiger partial charge in [-0.25, -0.2) is 9.59 Å². The number of carbonyl (C=O) groups excluding carboxylic acids is 2. The van der Waals surface area contributed by atoms with Crippen LogP contribution < -0.4 is 0 Å². The van der Waals surface area contributed by atoms with Crippen LogP contribution in [0.2, 0.25) is 0 Å². The van der Waals surface area contributed by atoms with Crippen molar-refractivity contribution < 1.29 is 18.0 Å². The number of carbonyl (C=O) groups is 2. The number of rotatable bonds is 8. The topological polar surface area (TPSA) is 52.6 Å². The molecule has 0 atom stereocenters. The van der Waals surface area contributed by atoms with Gasteiger partial charge >= 0.3 is 11.9 Å². The summed E-state index contributed by atoms with van der Waals surface area (Å²) in [6.07, 6.45) is 0. The van der Waals surface area contributed by atoms with Crippen molar-refractivity contribution in [1.82, 2.24) is 0 Å². The first-order valence-electron chi connectivity index (χ1n) is 7.82. The summed E-state index contributed by atoms with van der Waals surface area (Å²) in [5.41, 5.74) is 0.733. The molecule has 0 unspecified atom stereocenters. The zero-order chi connectivity index (χ0) is 19.8. The highest BCUT2D eigenvalue weighted by molar-refractivity contribution is 7.99. The van der Waals surface area contributed by atoms with Gasteiger partial charge in [-0.1, -0.05) is 24.9 Å². The van der Waals surface area contributed by atoms with Crippen molar-refractivity contribution >= 4 is 47.8 Å². The van der Waals surface area contributed by atoms with Crippen molar-refractivity contribution in [2.75, 3.05) is 0 Å². The highest BCUT2D eigenvalue weighted by atomic mass is 32.2. The summed E-state index contributed by atoms with van der Waals surface area (Å²) in [6, 6.07) is 15.4. The fraction of sp³-hybridized carbons (Fsp3) is 0.100. The molecule has 0 saturated heterocycles. The predicted octanol–water partition coefficient (Wildman–Crippen LogP) is 6.09. The minimum absolute atomic E-state index is 0.366. The fourth-order valence-corrected chi connectivity index (χ4v) is 3.52. The van der Waals surface area contributed by atoms with E-state index in [9.17, 15) is 9.59 Å². The molecule has 0 aliphatic heterocycles. The van der Waals surface area contributed by atoms with Crippen LogP contribution in [-0.2, 0) is 18.0 Å². The van der Waals surface area contributed by atoms with E-state index in [1.807, 2.05) is 48.5 Å². The summed E-state index contributed by atoms with van der Waals surface area (Å²) in [6.45, 7) is 10.3. The number of hydrogen-bond acceptors (Lipinski definition) is 7. The van der Waals surface area contributed by atoms with Crippen molar-refractivity contribution in [2.24, 2.45) is 0 Å². The molecule has 0 N–H and O–H groups in total. The first-order valence-corrected chi connectivity index (χ1v) is 10.1. The van der Waals surface area contributed by atoms with Gasteiger partial charge in [0.05, 0.1) is 24.1 Å². The fourth-order valence-electron chi connectivity index (χ4n) is 1.58. The van der Waals surface area contributed by atoms with E-state index in [1.54, 1.807) is 25.6 Å². The maximum absolute atomic E-state index is 11.4. The molecule has 0 saturated carbocycles. The molecule has 4 nitrogen and oxygen atoms in total. The molecule has 0 amide bonds. The third-order valence-corrected chi connectivity index (χ3v) is 5.42. The van der Waals surface area contributed by atoms with E-state index in [4.69, 9.17) is 8.37 Å². The summed E-state index contributed by atoms with van der Waals surface area (Å²) in [4.78, 5) is 26.6. The van der Waals surface area contributed by atoms with E-state index in [2.05, 4.69) is 13.2 Å². The molecule has 2 aromatic rings. The highest BCUT2D eigenvalue weighted by Gasteiger charge is 2.07. The maximum atomic E-state index is 11.4. The van der Waals surface area contributed by atoms with Crippen LogP contribution in [0.1, 0.15) is 13.8 Å². The molecule has 7 heteroatoms. The smallest absolute Gasteiger partial charge is 0.345 e. The Balaban J connectivity index is 1.87. The van der Waals surface area contributed by atoms with Crippen LogP contribution in [0.4, 0.5) is 0 Å². The number of hydrogen-bond donors (Lipinski definition) is 0. The Bertz CT molecular complexity index is 771. The van der Waals surface area contributed by atoms with Crippen LogP contribution in [0.25, 0.3) is 0 Å². The lowest BCUT2D eigenvalue weighted by atomic mass is 10.4. The van der Waals surface area contributed by atoms with Gasteiger partial charge in [0, 0.05) is 30.7 Å². The molecule has 0 spiro atoms. The van der Waals surface area contributed by atoms with E-state index < -0.39 is 11.9 Å². The van der Waals surface area contributed by atoms with Gasteiger partial charge in [-0.3, -0.25) is 0 Å². The normalized spacial score (nSPS) is 10.1. The lowest BCUT2D eigenvalue weighted by Gasteiger charge is -2.06. The van der Waals surface area contributed by atoms with Crippen molar-refractivity contribution in [3.63, 3.8) is 0 Å². The van der Waals surface area contributed by atoms with Crippen molar-refractivity contribution in [3.8, 4) is 0 Å². The van der Waals surface area contributed by atoms with Crippen LogP contribution in [0, 0.1) is 0 Å². The first-order chi connectivity index (χ1) is 12.8. The molecule has 27 heavy (non-hydrogen) atoms. The Hall–Kier alpha value is -2.09. The molecule has 0 aliphatic carbocycles. The van der Waals surface area contributed by atoms with Crippen LogP contribution in [0.5, 0.6) is 0 Å². The zero-order valence-corrected chi connectivity index (χ0v) is 17.3. The van der Waals surface area contributed by atoms with Crippen LogP contribution >= 0.6 is 35.8 Å². The van der Waals surface area contributed by atoms with Gasteiger partial charge < -0.3 is 8.37 Å². The van der Waals surface area contributed by atoms with Gasteiger partial charge in [-0.2, -0.15) is 0 Å². The Morgan fingerprint density at radius 1 is 0.667 bits per heavy atom. The standard InChI is InChI=1S/C20H18O4S3/c1-13(2)19(21)23-26-17-9-5-15(6-10-17)25-16-7-11-18(12-8-16)27-24-20(22)14(3)4/h5-12H,1,3H2,2,4H3. The van der Waals surface area contributed by atoms with E-state index in [1.165, 1.54) is 0 Å². The molecule has 0 radical (unpaired) electrons. The molecule has 0 aromatic heterocycles. The molecule has 140 valence electrons. The second-order valence-electron chi connectivity index (χ2n) is 5.51. The summed E-state index contributed by atoms with van der Waals surface area (Å²) >= 11 is 3.63.